The van der Waals surface area contributed by atoms with Crippen LogP contribution in [0.25, 0.3) is 0 Å². The fraction of sp³-hybridized carbons (Fsp3) is 0.419. The number of halogens is 2. The maximum atomic E-state index is 14.1. The summed E-state index contributed by atoms with van der Waals surface area (Å²) in [6.07, 6.45) is 6.01. The number of carbonyl (C=O) groups excluding carboxylic acids is 2. The Morgan fingerprint density at radius 3 is 2.41 bits per heavy atom. The third-order valence-electron chi connectivity index (χ3n) is 7.31. The minimum absolute atomic E-state index is 0.00110. The summed E-state index contributed by atoms with van der Waals surface area (Å²) in [5, 5.41) is 14.4. The Morgan fingerprint density at radius 1 is 1.08 bits per heavy atom. The molecule has 0 bridgehead atoms. The number of nitrogens with zero attached hydrogens (tertiary/aromatic N) is 1. The number of aliphatic hydroxyl groups excluding tert-OH is 1. The first-order valence-corrected chi connectivity index (χ1v) is 13.6. The van der Waals surface area contributed by atoms with Crippen molar-refractivity contribution in [3.63, 3.8) is 0 Å². The van der Waals surface area contributed by atoms with Gasteiger partial charge in [-0.3, -0.25) is 9.59 Å². The Bertz CT molecular complexity index is 1180. The summed E-state index contributed by atoms with van der Waals surface area (Å²) < 4.78 is 27.8. The van der Waals surface area contributed by atoms with Gasteiger partial charge < -0.3 is 21.1 Å². The van der Waals surface area contributed by atoms with Crippen molar-refractivity contribution >= 4 is 11.8 Å². The van der Waals surface area contributed by atoms with Crippen molar-refractivity contribution in [1.82, 2.24) is 10.2 Å². The zero-order valence-electron chi connectivity index (χ0n) is 22.7. The number of hydrogen-bond donors (Lipinski definition) is 3. The van der Waals surface area contributed by atoms with Gasteiger partial charge in [0.15, 0.2) is 11.6 Å². The Kier molecular flexibility index (Phi) is 10.9. The van der Waals surface area contributed by atoms with Crippen LogP contribution in [0.3, 0.4) is 0 Å². The summed E-state index contributed by atoms with van der Waals surface area (Å²) in [6.45, 7) is 5.22. The third kappa shape index (κ3) is 7.40. The van der Waals surface area contributed by atoms with Gasteiger partial charge in [-0.1, -0.05) is 74.5 Å². The van der Waals surface area contributed by atoms with Gasteiger partial charge >= 0.3 is 0 Å². The molecule has 0 aromatic heterocycles. The van der Waals surface area contributed by atoms with E-state index >= 15 is 0 Å². The van der Waals surface area contributed by atoms with Gasteiger partial charge in [-0.2, -0.15) is 0 Å². The molecular weight excluding hydrogens is 500 g/mol. The van der Waals surface area contributed by atoms with Crippen molar-refractivity contribution in [3.8, 4) is 0 Å². The predicted octanol–water partition coefficient (Wildman–Crippen LogP) is 4.28. The van der Waals surface area contributed by atoms with Gasteiger partial charge in [0.25, 0.3) is 0 Å². The van der Waals surface area contributed by atoms with E-state index < -0.39 is 35.0 Å². The largest absolute Gasteiger partial charge is 0.391 e. The topological polar surface area (TPSA) is 95.7 Å². The molecule has 3 rings (SSSR count). The standard InChI is InChI=1S/C31H39F2N3O3/c1-3-16-36(17-4-2)29(38)23-13-9-15-31(19-23,30(34)39)25(18-22-10-6-5-7-11-22)27(37)21-35-20-24-12-8-14-26(32)28(24)33/h5-15,25,27,35,37H,3-4,16-21H2,1-2H3,(H2,34,39)/t25-,27+,31?/m1/s1. The van der Waals surface area contributed by atoms with E-state index in [4.69, 9.17) is 5.73 Å². The van der Waals surface area contributed by atoms with Crippen LogP contribution in [0.2, 0.25) is 0 Å². The molecule has 6 nitrogen and oxygen atoms in total. The summed E-state index contributed by atoms with van der Waals surface area (Å²) in [5.41, 5.74) is 6.21. The first-order valence-electron chi connectivity index (χ1n) is 13.6. The molecule has 1 aliphatic carbocycles. The normalized spacial score (nSPS) is 18.3. The van der Waals surface area contributed by atoms with Gasteiger partial charge in [-0.25, -0.2) is 8.78 Å². The Morgan fingerprint density at radius 2 is 1.77 bits per heavy atom. The Hall–Kier alpha value is -3.36. The average Bonchev–Trinajstić information content (AvgIpc) is 2.94. The first-order chi connectivity index (χ1) is 18.7. The molecule has 0 radical (unpaired) electrons. The molecule has 1 unspecified atom stereocenters. The minimum Gasteiger partial charge on any atom is -0.391 e. The molecule has 0 spiro atoms. The van der Waals surface area contributed by atoms with Gasteiger partial charge in [0.2, 0.25) is 11.8 Å². The van der Waals surface area contributed by atoms with Crippen molar-refractivity contribution in [1.29, 1.82) is 0 Å². The van der Waals surface area contributed by atoms with Gasteiger partial charge in [-0.05, 0) is 37.3 Å². The van der Waals surface area contributed by atoms with E-state index in [2.05, 4.69) is 5.32 Å². The number of nitrogens with two attached hydrogens (primary N) is 1. The quantitative estimate of drug-likeness (QED) is 0.334. The van der Waals surface area contributed by atoms with Crippen LogP contribution in [0.4, 0.5) is 8.78 Å². The molecule has 210 valence electrons. The SMILES string of the molecule is CCCN(CCC)C(=O)C1=CC=CC(C(N)=O)([C@H](Cc2ccccc2)[C@@H](O)CNCc2cccc(F)c2F)C1. The van der Waals surface area contributed by atoms with Crippen molar-refractivity contribution < 1.29 is 23.5 Å². The predicted molar refractivity (Wildman–Crippen MR) is 148 cm³/mol. The van der Waals surface area contributed by atoms with Crippen LogP contribution in [-0.2, 0) is 22.6 Å². The van der Waals surface area contributed by atoms with E-state index in [1.165, 1.54) is 12.1 Å². The lowest BCUT2D eigenvalue weighted by atomic mass is 9.64. The molecule has 2 aromatic carbocycles. The zero-order chi connectivity index (χ0) is 28.4. The molecule has 0 aliphatic heterocycles. The second-order valence-corrected chi connectivity index (χ2v) is 10.1. The van der Waals surface area contributed by atoms with Crippen LogP contribution < -0.4 is 11.1 Å². The number of rotatable bonds is 14. The van der Waals surface area contributed by atoms with Crippen molar-refractivity contribution in [2.24, 2.45) is 17.1 Å². The Labute approximate surface area is 229 Å². The second-order valence-electron chi connectivity index (χ2n) is 10.1. The van der Waals surface area contributed by atoms with Crippen LogP contribution in [0.5, 0.6) is 0 Å². The number of allylic oxidation sites excluding steroid dienone is 2. The van der Waals surface area contributed by atoms with Crippen LogP contribution in [-0.4, -0.2) is 47.6 Å². The number of aliphatic hydroxyl groups is 1. The molecule has 2 amide bonds. The number of benzene rings is 2. The maximum absolute atomic E-state index is 14.1. The van der Waals surface area contributed by atoms with Crippen molar-refractivity contribution in [3.05, 3.63) is 95.1 Å². The molecule has 0 fully saturated rings. The fourth-order valence-corrected chi connectivity index (χ4v) is 5.29. The highest BCUT2D eigenvalue weighted by molar-refractivity contribution is 5.96. The summed E-state index contributed by atoms with van der Waals surface area (Å²) in [5.74, 6) is -3.35. The van der Waals surface area contributed by atoms with E-state index in [-0.39, 0.29) is 31.0 Å². The molecule has 0 saturated carbocycles. The summed E-state index contributed by atoms with van der Waals surface area (Å²) in [6, 6.07) is 13.4. The van der Waals surface area contributed by atoms with Crippen molar-refractivity contribution in [2.75, 3.05) is 19.6 Å². The lowest BCUT2D eigenvalue weighted by Gasteiger charge is -2.41. The molecule has 1 aliphatic rings. The summed E-state index contributed by atoms with van der Waals surface area (Å²) >= 11 is 0. The smallest absolute Gasteiger partial charge is 0.249 e. The monoisotopic (exact) mass is 539 g/mol. The molecule has 0 heterocycles. The highest BCUT2D eigenvalue weighted by Crippen LogP contribution is 2.43. The molecule has 8 heteroatoms. The van der Waals surface area contributed by atoms with Crippen molar-refractivity contribution in [2.45, 2.75) is 52.2 Å². The summed E-state index contributed by atoms with van der Waals surface area (Å²) in [4.78, 5) is 28.4. The number of carbonyl (C=O) groups is 2. The molecule has 39 heavy (non-hydrogen) atoms. The third-order valence-corrected chi connectivity index (χ3v) is 7.31. The van der Waals surface area contributed by atoms with E-state index in [0.717, 1.165) is 24.5 Å². The zero-order valence-corrected chi connectivity index (χ0v) is 22.7. The molecular formula is C31H39F2N3O3. The highest BCUT2D eigenvalue weighted by atomic mass is 19.2. The van der Waals surface area contributed by atoms with Crippen LogP contribution >= 0.6 is 0 Å². The number of amides is 2. The average molecular weight is 540 g/mol. The van der Waals surface area contributed by atoms with E-state index in [1.54, 1.807) is 23.1 Å². The number of nitrogens with one attached hydrogen (secondary N) is 1. The fourth-order valence-electron chi connectivity index (χ4n) is 5.29. The molecule has 3 atom stereocenters. The number of primary amides is 1. The van der Waals surface area contributed by atoms with E-state index in [0.29, 0.717) is 25.1 Å². The van der Waals surface area contributed by atoms with E-state index in [1.807, 2.05) is 44.2 Å². The molecule has 4 N–H and O–H groups in total. The van der Waals surface area contributed by atoms with Gasteiger partial charge in [-0.15, -0.1) is 0 Å². The maximum Gasteiger partial charge on any atom is 0.249 e. The van der Waals surface area contributed by atoms with Gasteiger partial charge in [0.1, 0.15) is 0 Å². The number of hydrogen-bond acceptors (Lipinski definition) is 4. The van der Waals surface area contributed by atoms with Crippen LogP contribution in [0.1, 0.15) is 44.2 Å². The molecule has 0 saturated heterocycles. The lowest BCUT2D eigenvalue weighted by molar-refractivity contribution is -0.132. The lowest BCUT2D eigenvalue weighted by Crippen LogP contribution is -2.51. The van der Waals surface area contributed by atoms with Crippen LogP contribution in [0.15, 0.2) is 72.3 Å². The van der Waals surface area contributed by atoms with Gasteiger partial charge in [0, 0.05) is 43.2 Å². The summed E-state index contributed by atoms with van der Waals surface area (Å²) in [7, 11) is 0. The highest BCUT2D eigenvalue weighted by Gasteiger charge is 2.47. The second kappa shape index (κ2) is 14.1. The van der Waals surface area contributed by atoms with E-state index in [9.17, 15) is 23.5 Å². The van der Waals surface area contributed by atoms with Gasteiger partial charge in [0.05, 0.1) is 11.5 Å². The Balaban J connectivity index is 1.89. The van der Waals surface area contributed by atoms with Crippen LogP contribution in [0, 0.1) is 23.0 Å². The molecule has 2 aromatic rings. The minimum atomic E-state index is -1.33. The first kappa shape index (κ1) is 30.2.